The van der Waals surface area contributed by atoms with E-state index in [-0.39, 0.29) is 0 Å². The van der Waals surface area contributed by atoms with Crippen molar-refractivity contribution in [1.29, 1.82) is 0 Å². The van der Waals surface area contributed by atoms with Crippen LogP contribution in [0, 0.1) is 0 Å². The van der Waals surface area contributed by atoms with E-state index in [1.165, 1.54) is 38.8 Å². The molecule has 1 aromatic rings. The summed E-state index contributed by atoms with van der Waals surface area (Å²) in [5, 5.41) is 6.75. The molecule has 2 unspecified atom stereocenters. The zero-order valence-corrected chi connectivity index (χ0v) is 11.6. The van der Waals surface area contributed by atoms with E-state index in [9.17, 15) is 0 Å². The summed E-state index contributed by atoms with van der Waals surface area (Å²) in [5.74, 6) is 1.75. The van der Waals surface area contributed by atoms with Crippen LogP contribution in [0.5, 0.6) is 0 Å². The van der Waals surface area contributed by atoms with Crippen molar-refractivity contribution in [2.45, 2.75) is 44.7 Å². The van der Waals surface area contributed by atoms with Gasteiger partial charge in [-0.2, -0.15) is 0 Å². The fourth-order valence-corrected chi connectivity index (χ4v) is 3.27. The van der Waals surface area contributed by atoms with Crippen molar-refractivity contribution in [3.8, 4) is 0 Å². The number of hydrogen-bond acceptors (Lipinski definition) is 5. The third kappa shape index (κ3) is 2.97. The van der Waals surface area contributed by atoms with Crippen LogP contribution in [0.2, 0.25) is 0 Å². The molecule has 0 spiro atoms. The molecule has 0 aliphatic carbocycles. The minimum absolute atomic E-state index is 0.547. The Kier molecular flexibility index (Phi) is 3.82. The Morgan fingerprint density at radius 3 is 3.05 bits per heavy atom. The lowest BCUT2D eigenvalue weighted by atomic mass is 9.98. The second kappa shape index (κ2) is 5.74. The maximum absolute atomic E-state index is 4.54. The maximum Gasteiger partial charge on any atom is 0.147 e. The summed E-state index contributed by atoms with van der Waals surface area (Å²) in [7, 11) is 0. The zero-order chi connectivity index (χ0) is 13.1. The minimum Gasteiger partial charge on any atom is -0.369 e. The van der Waals surface area contributed by atoms with Crippen molar-refractivity contribution >= 4 is 11.6 Å². The lowest BCUT2D eigenvalue weighted by Gasteiger charge is -2.35. The van der Waals surface area contributed by atoms with Crippen molar-refractivity contribution in [3.63, 3.8) is 0 Å². The predicted octanol–water partition coefficient (Wildman–Crippen LogP) is 1.95. The number of hydrogen-bond donors (Lipinski definition) is 2. The second-order valence-electron chi connectivity index (χ2n) is 5.52. The molecule has 1 aromatic heterocycles. The van der Waals surface area contributed by atoms with Crippen LogP contribution in [0.15, 0.2) is 12.4 Å². The first-order chi connectivity index (χ1) is 9.35. The molecule has 0 bridgehead atoms. The van der Waals surface area contributed by atoms with Gasteiger partial charge in [0.2, 0.25) is 0 Å². The molecule has 2 fully saturated rings. The smallest absolute Gasteiger partial charge is 0.147 e. The highest BCUT2D eigenvalue weighted by Crippen LogP contribution is 2.28. The van der Waals surface area contributed by atoms with E-state index >= 15 is 0 Å². The molecule has 3 heterocycles. The van der Waals surface area contributed by atoms with Crippen molar-refractivity contribution in [2.75, 3.05) is 30.3 Å². The number of nitrogens with one attached hydrogen (secondary N) is 2. The van der Waals surface area contributed by atoms with E-state index in [2.05, 4.69) is 32.4 Å². The number of nitrogens with zero attached hydrogens (tertiary/aromatic N) is 3. The van der Waals surface area contributed by atoms with Crippen LogP contribution in [0.3, 0.4) is 0 Å². The van der Waals surface area contributed by atoms with Crippen molar-refractivity contribution < 1.29 is 0 Å². The van der Waals surface area contributed by atoms with Gasteiger partial charge >= 0.3 is 0 Å². The molecule has 19 heavy (non-hydrogen) atoms. The monoisotopic (exact) mass is 261 g/mol. The van der Waals surface area contributed by atoms with Crippen LogP contribution < -0.4 is 10.6 Å². The van der Waals surface area contributed by atoms with E-state index < -0.39 is 0 Å². The summed E-state index contributed by atoms with van der Waals surface area (Å²) in [6, 6.07) is 1.33. The number of fused-ring (bicyclic) bond motifs is 1. The second-order valence-corrected chi connectivity index (χ2v) is 5.52. The molecule has 0 saturated carbocycles. The van der Waals surface area contributed by atoms with Crippen LogP contribution in [-0.2, 0) is 0 Å². The summed E-state index contributed by atoms with van der Waals surface area (Å²) in [6.07, 6.45) is 8.78. The van der Waals surface area contributed by atoms with Crippen molar-refractivity contribution in [2.24, 2.45) is 0 Å². The Morgan fingerprint density at radius 2 is 2.16 bits per heavy atom. The third-order valence-corrected chi connectivity index (χ3v) is 4.16. The molecule has 0 amide bonds. The van der Waals surface area contributed by atoms with Crippen LogP contribution in [0.4, 0.5) is 11.6 Å². The number of rotatable bonds is 4. The van der Waals surface area contributed by atoms with Crippen LogP contribution in [-0.4, -0.2) is 46.6 Å². The fourth-order valence-electron chi connectivity index (χ4n) is 3.27. The molecule has 5 heteroatoms. The number of anilines is 2. The Morgan fingerprint density at radius 1 is 1.26 bits per heavy atom. The highest BCUT2D eigenvalue weighted by molar-refractivity contribution is 5.42. The van der Waals surface area contributed by atoms with Gasteiger partial charge in [0.05, 0.1) is 12.4 Å². The molecule has 3 rings (SSSR count). The molecule has 2 aliphatic rings. The van der Waals surface area contributed by atoms with E-state index in [4.69, 9.17) is 0 Å². The first-order valence-corrected chi connectivity index (χ1v) is 7.41. The topological polar surface area (TPSA) is 53.1 Å². The van der Waals surface area contributed by atoms with E-state index in [1.807, 2.05) is 6.20 Å². The van der Waals surface area contributed by atoms with E-state index in [1.54, 1.807) is 6.20 Å². The van der Waals surface area contributed by atoms with Gasteiger partial charge in [-0.05, 0) is 39.2 Å². The number of piperidine rings is 1. The van der Waals surface area contributed by atoms with Gasteiger partial charge in [-0.15, -0.1) is 0 Å². The highest BCUT2D eigenvalue weighted by Gasteiger charge is 2.31. The fraction of sp³-hybridized carbons (Fsp3) is 0.714. The molecule has 2 N–H and O–H groups in total. The first kappa shape index (κ1) is 12.7. The Balaban J connectivity index is 1.60. The molecule has 104 valence electrons. The van der Waals surface area contributed by atoms with E-state index in [0.717, 1.165) is 24.2 Å². The number of aromatic nitrogens is 2. The normalized spacial score (nSPS) is 27.0. The van der Waals surface area contributed by atoms with E-state index in [0.29, 0.717) is 6.04 Å². The average Bonchev–Trinajstić information content (AvgIpc) is 2.87. The Bertz CT molecular complexity index is 422. The van der Waals surface area contributed by atoms with Crippen molar-refractivity contribution in [1.82, 2.24) is 14.9 Å². The summed E-state index contributed by atoms with van der Waals surface area (Å²) in [4.78, 5) is 11.4. The molecule has 0 aromatic carbocycles. The lowest BCUT2D eigenvalue weighted by molar-refractivity contribution is 0.188. The van der Waals surface area contributed by atoms with Crippen LogP contribution >= 0.6 is 0 Å². The summed E-state index contributed by atoms with van der Waals surface area (Å²) in [6.45, 7) is 5.46. The zero-order valence-electron chi connectivity index (χ0n) is 11.6. The van der Waals surface area contributed by atoms with Gasteiger partial charge in [0.1, 0.15) is 11.6 Å². The molecule has 2 saturated heterocycles. The minimum atomic E-state index is 0.547. The summed E-state index contributed by atoms with van der Waals surface area (Å²) in [5.41, 5.74) is 0. The van der Waals surface area contributed by atoms with Crippen LogP contribution in [0.1, 0.15) is 32.6 Å². The molecular weight excluding hydrogens is 238 g/mol. The molecule has 0 radical (unpaired) electrons. The third-order valence-electron chi connectivity index (χ3n) is 4.16. The molecule has 2 atom stereocenters. The van der Waals surface area contributed by atoms with Gasteiger partial charge in [0.25, 0.3) is 0 Å². The quantitative estimate of drug-likeness (QED) is 0.867. The highest BCUT2D eigenvalue weighted by atomic mass is 15.2. The van der Waals surface area contributed by atoms with Gasteiger partial charge < -0.3 is 15.5 Å². The first-order valence-electron chi connectivity index (χ1n) is 7.41. The largest absolute Gasteiger partial charge is 0.369 e. The molecular formula is C14H23N5. The standard InChI is InChI=1S/C14H23N5/c1-2-16-13-9-15-10-14(18-13)17-11-5-7-19-6-3-4-12(19)8-11/h9-12H,2-8H2,1H3,(H2,16,17,18). The lowest BCUT2D eigenvalue weighted by Crippen LogP contribution is -2.42. The van der Waals surface area contributed by atoms with Gasteiger partial charge in [0, 0.05) is 25.2 Å². The Labute approximate surface area is 114 Å². The van der Waals surface area contributed by atoms with Gasteiger partial charge in [0.15, 0.2) is 0 Å². The average molecular weight is 261 g/mol. The SMILES string of the molecule is CCNc1cncc(NC2CCN3CCCC3C2)n1. The summed E-state index contributed by atoms with van der Waals surface area (Å²) < 4.78 is 0. The van der Waals surface area contributed by atoms with Gasteiger partial charge in [-0.1, -0.05) is 0 Å². The van der Waals surface area contributed by atoms with Gasteiger partial charge in [-0.25, -0.2) is 4.98 Å². The summed E-state index contributed by atoms with van der Waals surface area (Å²) >= 11 is 0. The van der Waals surface area contributed by atoms with Crippen molar-refractivity contribution in [3.05, 3.63) is 12.4 Å². The van der Waals surface area contributed by atoms with Gasteiger partial charge in [-0.3, -0.25) is 4.98 Å². The predicted molar refractivity (Wildman–Crippen MR) is 77.4 cm³/mol. The molecule has 5 nitrogen and oxygen atoms in total. The van der Waals surface area contributed by atoms with Crippen LogP contribution in [0.25, 0.3) is 0 Å². The molecule has 2 aliphatic heterocycles. The Hall–Kier alpha value is -1.36. The maximum atomic E-state index is 4.54.